The van der Waals surface area contributed by atoms with Gasteiger partial charge in [-0.2, -0.15) is 0 Å². The summed E-state index contributed by atoms with van der Waals surface area (Å²) in [4.78, 5) is 14.7. The van der Waals surface area contributed by atoms with Crippen molar-refractivity contribution >= 4 is 5.91 Å². The van der Waals surface area contributed by atoms with Crippen LogP contribution in [0.2, 0.25) is 0 Å². The lowest BCUT2D eigenvalue weighted by atomic mass is 10.1. The molecule has 0 bridgehead atoms. The molecule has 0 radical (unpaired) electrons. The van der Waals surface area contributed by atoms with Crippen molar-refractivity contribution in [2.45, 2.75) is 58.0 Å². The summed E-state index contributed by atoms with van der Waals surface area (Å²) >= 11 is 0. The van der Waals surface area contributed by atoms with E-state index in [1.807, 2.05) is 6.92 Å². The van der Waals surface area contributed by atoms with Crippen molar-refractivity contribution in [2.75, 3.05) is 13.1 Å². The number of aromatic nitrogens is 1. The Morgan fingerprint density at radius 1 is 1.30 bits per heavy atom. The summed E-state index contributed by atoms with van der Waals surface area (Å²) in [7, 11) is 0. The first-order valence-electron chi connectivity index (χ1n) is 7.72. The summed E-state index contributed by atoms with van der Waals surface area (Å²) in [5, 5.41) is 7.08. The Kier molecular flexibility index (Phi) is 4.05. The van der Waals surface area contributed by atoms with Gasteiger partial charge >= 0.3 is 0 Å². The lowest BCUT2D eigenvalue weighted by Gasteiger charge is -2.15. The van der Waals surface area contributed by atoms with Crippen LogP contribution in [-0.4, -0.2) is 35.1 Å². The maximum atomic E-state index is 12.4. The molecule has 20 heavy (non-hydrogen) atoms. The molecule has 1 N–H and O–H groups in total. The molecule has 1 saturated heterocycles. The van der Waals surface area contributed by atoms with E-state index in [4.69, 9.17) is 4.52 Å². The van der Waals surface area contributed by atoms with Crippen LogP contribution in [0.4, 0.5) is 0 Å². The van der Waals surface area contributed by atoms with E-state index in [0.29, 0.717) is 11.7 Å². The molecule has 0 atom stereocenters. The van der Waals surface area contributed by atoms with Crippen LogP contribution in [0.1, 0.15) is 60.3 Å². The minimum Gasteiger partial charge on any atom is -0.361 e. The van der Waals surface area contributed by atoms with E-state index < -0.39 is 0 Å². The van der Waals surface area contributed by atoms with Crippen LogP contribution in [0.15, 0.2) is 4.52 Å². The van der Waals surface area contributed by atoms with Crippen molar-refractivity contribution in [1.82, 2.24) is 15.4 Å². The first-order valence-corrected chi connectivity index (χ1v) is 7.72. The van der Waals surface area contributed by atoms with Crippen LogP contribution < -0.4 is 5.32 Å². The fourth-order valence-corrected chi connectivity index (χ4v) is 3.24. The summed E-state index contributed by atoms with van der Waals surface area (Å²) in [5.41, 5.74) is 1.45. The molecule has 5 nitrogen and oxygen atoms in total. The van der Waals surface area contributed by atoms with Crippen LogP contribution in [0.25, 0.3) is 0 Å². The smallest absolute Gasteiger partial charge is 0.274 e. The molecule has 110 valence electrons. The number of likely N-dealkylation sites (tertiary alicyclic amines) is 1. The van der Waals surface area contributed by atoms with Gasteiger partial charge in [-0.15, -0.1) is 0 Å². The normalized spacial score (nSPS) is 20.6. The average Bonchev–Trinajstić information content (AvgIpc) is 3.14. The fourth-order valence-electron chi connectivity index (χ4n) is 3.24. The third kappa shape index (κ3) is 2.87. The number of nitrogens with one attached hydrogen (secondary N) is 1. The largest absolute Gasteiger partial charge is 0.361 e. The third-order valence-corrected chi connectivity index (χ3v) is 4.47. The van der Waals surface area contributed by atoms with Crippen LogP contribution in [0.5, 0.6) is 0 Å². The van der Waals surface area contributed by atoms with Crippen molar-refractivity contribution in [2.24, 2.45) is 0 Å². The Morgan fingerprint density at radius 2 is 2.00 bits per heavy atom. The van der Waals surface area contributed by atoms with Gasteiger partial charge in [-0.1, -0.05) is 18.0 Å². The van der Waals surface area contributed by atoms with Gasteiger partial charge in [-0.3, -0.25) is 9.69 Å². The quantitative estimate of drug-likeness (QED) is 0.917. The van der Waals surface area contributed by atoms with Crippen LogP contribution >= 0.6 is 0 Å². The van der Waals surface area contributed by atoms with E-state index in [1.165, 1.54) is 25.7 Å². The maximum absolute atomic E-state index is 12.4. The lowest BCUT2D eigenvalue weighted by molar-refractivity contribution is 0.0927. The van der Waals surface area contributed by atoms with Gasteiger partial charge in [0.2, 0.25) is 0 Å². The summed E-state index contributed by atoms with van der Waals surface area (Å²) in [6.07, 6.45) is 7.09. The number of amides is 1. The second-order valence-corrected chi connectivity index (χ2v) is 6.00. The van der Waals surface area contributed by atoms with Crippen molar-refractivity contribution < 1.29 is 9.32 Å². The molecule has 1 aromatic rings. The molecule has 0 unspecified atom stereocenters. The van der Waals surface area contributed by atoms with E-state index in [1.54, 1.807) is 0 Å². The highest BCUT2D eigenvalue weighted by molar-refractivity contribution is 5.94. The summed E-state index contributed by atoms with van der Waals surface area (Å²) in [6.45, 7) is 4.89. The van der Waals surface area contributed by atoms with E-state index in [9.17, 15) is 4.79 Å². The number of hydrogen-bond acceptors (Lipinski definition) is 4. The van der Waals surface area contributed by atoms with Gasteiger partial charge in [0, 0.05) is 18.2 Å². The second kappa shape index (κ2) is 5.95. The number of carbonyl (C=O) groups excluding carboxylic acids is 1. The van der Waals surface area contributed by atoms with Crippen LogP contribution in [0, 0.1) is 6.92 Å². The topological polar surface area (TPSA) is 58.4 Å². The predicted molar refractivity (Wildman–Crippen MR) is 75.5 cm³/mol. The van der Waals surface area contributed by atoms with Gasteiger partial charge in [-0.25, -0.2) is 0 Å². The molecule has 2 aliphatic rings. The Bertz CT molecular complexity index is 471. The molecule has 0 aromatic carbocycles. The highest BCUT2D eigenvalue weighted by atomic mass is 16.5. The molecule has 5 heteroatoms. The molecule has 1 aliphatic carbocycles. The predicted octanol–water partition coefficient (Wildman–Crippen LogP) is 2.25. The number of rotatable bonds is 4. The first-order chi connectivity index (χ1) is 9.74. The van der Waals surface area contributed by atoms with Gasteiger partial charge in [-0.05, 0) is 45.7 Å². The molecule has 2 fully saturated rings. The minimum atomic E-state index is -0.0667. The number of hydrogen-bond donors (Lipinski definition) is 1. The van der Waals surface area contributed by atoms with Crippen molar-refractivity contribution in [3.05, 3.63) is 17.0 Å². The first kappa shape index (κ1) is 13.6. The third-order valence-electron chi connectivity index (χ3n) is 4.47. The molecule has 1 amide bonds. The zero-order valence-corrected chi connectivity index (χ0v) is 12.2. The Morgan fingerprint density at radius 3 is 2.70 bits per heavy atom. The van der Waals surface area contributed by atoms with E-state index >= 15 is 0 Å². The van der Waals surface area contributed by atoms with Gasteiger partial charge in [0.15, 0.2) is 5.69 Å². The number of aryl methyl sites for hydroxylation is 1. The van der Waals surface area contributed by atoms with Gasteiger partial charge in [0.1, 0.15) is 5.76 Å². The number of carbonyl (C=O) groups is 1. The Labute approximate surface area is 119 Å². The molecule has 2 heterocycles. The fraction of sp³-hybridized carbons (Fsp3) is 0.733. The Balaban J connectivity index is 1.69. The highest BCUT2D eigenvalue weighted by Gasteiger charge is 2.25. The Hall–Kier alpha value is -1.36. The molecular weight excluding hydrogens is 254 g/mol. The monoisotopic (exact) mass is 277 g/mol. The van der Waals surface area contributed by atoms with Gasteiger partial charge < -0.3 is 9.84 Å². The molecule has 3 rings (SSSR count). The number of nitrogens with zero attached hydrogens (tertiary/aromatic N) is 2. The minimum absolute atomic E-state index is 0.0667. The summed E-state index contributed by atoms with van der Waals surface area (Å²) in [6, 6.07) is 0.319. The zero-order valence-electron chi connectivity index (χ0n) is 12.2. The standard InChI is InChI=1S/C15H23N3O2/c1-11-13(10-18-8-4-5-9-18)14(17-20-11)15(19)16-12-6-2-3-7-12/h12H,2-10H2,1H3,(H,16,19). The molecular formula is C15H23N3O2. The highest BCUT2D eigenvalue weighted by Crippen LogP contribution is 2.21. The maximum Gasteiger partial charge on any atom is 0.274 e. The van der Waals surface area contributed by atoms with Crippen molar-refractivity contribution in [3.63, 3.8) is 0 Å². The molecule has 0 spiro atoms. The molecule has 1 aromatic heterocycles. The van der Waals surface area contributed by atoms with Gasteiger partial charge in [0.25, 0.3) is 5.91 Å². The van der Waals surface area contributed by atoms with Gasteiger partial charge in [0.05, 0.1) is 0 Å². The SMILES string of the molecule is Cc1onc(C(=O)NC2CCCC2)c1CN1CCCC1. The van der Waals surface area contributed by atoms with Crippen molar-refractivity contribution in [1.29, 1.82) is 0 Å². The van der Waals surface area contributed by atoms with Crippen LogP contribution in [0.3, 0.4) is 0 Å². The lowest BCUT2D eigenvalue weighted by Crippen LogP contribution is -2.34. The molecule has 1 aliphatic heterocycles. The average molecular weight is 277 g/mol. The summed E-state index contributed by atoms with van der Waals surface area (Å²) in [5.74, 6) is 0.705. The van der Waals surface area contributed by atoms with E-state index in [0.717, 1.165) is 43.8 Å². The second-order valence-electron chi connectivity index (χ2n) is 6.00. The van der Waals surface area contributed by atoms with Crippen LogP contribution in [-0.2, 0) is 6.54 Å². The zero-order chi connectivity index (χ0) is 13.9. The summed E-state index contributed by atoms with van der Waals surface area (Å²) < 4.78 is 5.25. The van der Waals surface area contributed by atoms with E-state index in [-0.39, 0.29) is 5.91 Å². The van der Waals surface area contributed by atoms with Crippen molar-refractivity contribution in [3.8, 4) is 0 Å². The molecule has 1 saturated carbocycles. The van der Waals surface area contributed by atoms with E-state index in [2.05, 4.69) is 15.4 Å².